The van der Waals surface area contributed by atoms with E-state index in [0.717, 1.165) is 30.6 Å². The number of esters is 2. The normalized spacial score (nSPS) is 44.3. The molecule has 1 aliphatic heterocycles. The highest BCUT2D eigenvalue weighted by Gasteiger charge is 2.64. The smallest absolute Gasteiger partial charge is 0.309 e. The standard InChI is InChI=1S/C28H46O4/c1-17(2)8-7-9-18(3)21-10-11-22-25-23(13-15-27(21,22)5)28(6)14-12-20(31-19(4)29)16-24(28)26(30)32-25/h17-18,20-25H,7-16H2,1-6H3/t18-,20+,21-,22+,23+,24+,25+,27-,28-/m1/s1. The summed E-state index contributed by atoms with van der Waals surface area (Å²) in [7, 11) is 0. The highest BCUT2D eigenvalue weighted by atomic mass is 16.6. The molecule has 0 radical (unpaired) electrons. The van der Waals surface area contributed by atoms with E-state index in [1.165, 1.54) is 51.9 Å². The Balaban J connectivity index is 1.48. The van der Waals surface area contributed by atoms with E-state index < -0.39 is 0 Å². The van der Waals surface area contributed by atoms with Crippen LogP contribution in [0.4, 0.5) is 0 Å². The monoisotopic (exact) mass is 446 g/mol. The largest absolute Gasteiger partial charge is 0.463 e. The zero-order valence-electron chi connectivity index (χ0n) is 21.3. The summed E-state index contributed by atoms with van der Waals surface area (Å²) in [5.41, 5.74) is 0.287. The van der Waals surface area contributed by atoms with Crippen LogP contribution in [0.1, 0.15) is 106 Å². The molecule has 0 unspecified atom stereocenters. The second-order valence-electron chi connectivity index (χ2n) is 12.7. The number of hydrogen-bond acceptors (Lipinski definition) is 4. The lowest BCUT2D eigenvalue weighted by Crippen LogP contribution is -2.60. The van der Waals surface area contributed by atoms with Crippen LogP contribution in [0, 0.1) is 46.3 Å². The van der Waals surface area contributed by atoms with Crippen molar-refractivity contribution in [2.45, 2.75) is 118 Å². The fraction of sp³-hybridized carbons (Fsp3) is 0.929. The summed E-state index contributed by atoms with van der Waals surface area (Å²) in [5.74, 6) is 2.86. The summed E-state index contributed by atoms with van der Waals surface area (Å²) in [5, 5.41) is 0. The van der Waals surface area contributed by atoms with Gasteiger partial charge in [0.05, 0.1) is 5.92 Å². The van der Waals surface area contributed by atoms with Gasteiger partial charge in [0, 0.05) is 18.8 Å². The molecule has 4 heteroatoms. The average Bonchev–Trinajstić information content (AvgIpc) is 3.06. The van der Waals surface area contributed by atoms with Gasteiger partial charge in [-0.2, -0.15) is 0 Å². The lowest BCUT2D eigenvalue weighted by atomic mass is 9.49. The van der Waals surface area contributed by atoms with Crippen LogP contribution in [0.25, 0.3) is 0 Å². The average molecular weight is 447 g/mol. The molecule has 3 saturated carbocycles. The first-order valence-corrected chi connectivity index (χ1v) is 13.4. The van der Waals surface area contributed by atoms with Gasteiger partial charge in [-0.25, -0.2) is 0 Å². The Hall–Kier alpha value is -1.06. The molecule has 0 N–H and O–H groups in total. The quantitative estimate of drug-likeness (QED) is 0.434. The molecule has 0 bridgehead atoms. The summed E-state index contributed by atoms with van der Waals surface area (Å²) in [6.07, 6.45) is 11.4. The van der Waals surface area contributed by atoms with Gasteiger partial charge in [0.2, 0.25) is 0 Å². The molecule has 0 aromatic heterocycles. The Morgan fingerprint density at radius 3 is 2.41 bits per heavy atom. The Labute approximate surface area is 195 Å². The van der Waals surface area contributed by atoms with E-state index in [9.17, 15) is 9.59 Å². The first kappa shape index (κ1) is 24.1. The van der Waals surface area contributed by atoms with Gasteiger partial charge in [-0.3, -0.25) is 9.59 Å². The van der Waals surface area contributed by atoms with Gasteiger partial charge in [0.15, 0.2) is 0 Å². The van der Waals surface area contributed by atoms with E-state index >= 15 is 0 Å². The zero-order valence-corrected chi connectivity index (χ0v) is 21.3. The maximum absolute atomic E-state index is 13.3. The molecule has 182 valence electrons. The predicted octanol–water partition coefficient (Wildman–Crippen LogP) is 6.55. The maximum Gasteiger partial charge on any atom is 0.309 e. The first-order valence-electron chi connectivity index (χ1n) is 13.4. The Morgan fingerprint density at radius 2 is 1.72 bits per heavy atom. The Kier molecular flexibility index (Phi) is 6.73. The van der Waals surface area contributed by atoms with Crippen LogP contribution in [0.3, 0.4) is 0 Å². The van der Waals surface area contributed by atoms with Gasteiger partial charge in [0.1, 0.15) is 12.2 Å². The van der Waals surface area contributed by atoms with Crippen molar-refractivity contribution in [3.63, 3.8) is 0 Å². The van der Waals surface area contributed by atoms with Crippen LogP contribution in [-0.4, -0.2) is 24.1 Å². The molecule has 9 atom stereocenters. The van der Waals surface area contributed by atoms with E-state index in [4.69, 9.17) is 9.47 Å². The Morgan fingerprint density at radius 1 is 1.03 bits per heavy atom. The second-order valence-corrected chi connectivity index (χ2v) is 12.7. The summed E-state index contributed by atoms with van der Waals surface area (Å²) in [6, 6.07) is 0. The molecular weight excluding hydrogens is 400 g/mol. The molecule has 0 amide bonds. The van der Waals surface area contributed by atoms with Gasteiger partial charge in [-0.15, -0.1) is 0 Å². The topological polar surface area (TPSA) is 52.6 Å². The minimum Gasteiger partial charge on any atom is -0.463 e. The van der Waals surface area contributed by atoms with Crippen molar-refractivity contribution in [2.75, 3.05) is 0 Å². The predicted molar refractivity (Wildman–Crippen MR) is 126 cm³/mol. The molecular formula is C28H46O4. The van der Waals surface area contributed by atoms with Crippen LogP contribution >= 0.6 is 0 Å². The van der Waals surface area contributed by atoms with Crippen LogP contribution in [-0.2, 0) is 19.1 Å². The molecule has 3 aliphatic carbocycles. The summed E-state index contributed by atoms with van der Waals surface area (Å²) in [4.78, 5) is 24.7. The first-order chi connectivity index (χ1) is 15.1. The SMILES string of the molecule is CC(=O)O[C@H]1CC[C@@]2(C)[C@@H](C1)C(=O)O[C@@H]1[C@@H]2CC[C@]2(C)[C@@H]([C@H](C)CCCC(C)C)CC[C@@H]12. The molecule has 0 aromatic rings. The van der Waals surface area contributed by atoms with Gasteiger partial charge in [-0.1, -0.05) is 53.9 Å². The molecule has 4 fully saturated rings. The van der Waals surface area contributed by atoms with Crippen molar-refractivity contribution in [3.8, 4) is 0 Å². The third kappa shape index (κ3) is 4.13. The summed E-state index contributed by atoms with van der Waals surface area (Å²) >= 11 is 0. The van der Waals surface area contributed by atoms with Crippen LogP contribution < -0.4 is 0 Å². The van der Waals surface area contributed by atoms with Crippen molar-refractivity contribution in [3.05, 3.63) is 0 Å². The number of carbonyl (C=O) groups is 2. The van der Waals surface area contributed by atoms with E-state index in [1.807, 2.05) is 0 Å². The highest BCUT2D eigenvalue weighted by Crippen LogP contribution is 2.65. The van der Waals surface area contributed by atoms with Gasteiger partial charge < -0.3 is 9.47 Å². The van der Waals surface area contributed by atoms with E-state index in [1.54, 1.807) is 0 Å². The summed E-state index contributed by atoms with van der Waals surface area (Å²) in [6.45, 7) is 13.4. The molecule has 4 nitrogen and oxygen atoms in total. The fourth-order valence-electron chi connectivity index (χ4n) is 8.63. The van der Waals surface area contributed by atoms with E-state index in [2.05, 4.69) is 34.6 Å². The van der Waals surface area contributed by atoms with Crippen LogP contribution in [0.2, 0.25) is 0 Å². The van der Waals surface area contributed by atoms with Gasteiger partial charge >= 0.3 is 11.9 Å². The minimum atomic E-state index is -0.242. The maximum atomic E-state index is 13.3. The fourth-order valence-corrected chi connectivity index (χ4v) is 8.63. The lowest BCUT2D eigenvalue weighted by molar-refractivity contribution is -0.218. The number of rotatable bonds is 6. The number of hydrogen-bond donors (Lipinski definition) is 0. The van der Waals surface area contributed by atoms with Gasteiger partial charge in [-0.05, 0) is 73.5 Å². The molecule has 0 spiro atoms. The van der Waals surface area contributed by atoms with Crippen molar-refractivity contribution in [1.29, 1.82) is 0 Å². The Bertz CT molecular complexity index is 716. The highest BCUT2D eigenvalue weighted by molar-refractivity contribution is 5.75. The van der Waals surface area contributed by atoms with Crippen molar-refractivity contribution < 1.29 is 19.1 Å². The molecule has 4 aliphatic rings. The molecule has 32 heavy (non-hydrogen) atoms. The third-order valence-electron chi connectivity index (χ3n) is 10.4. The van der Waals surface area contributed by atoms with E-state index in [-0.39, 0.29) is 35.5 Å². The third-order valence-corrected chi connectivity index (χ3v) is 10.4. The number of carbonyl (C=O) groups excluding carboxylic acids is 2. The van der Waals surface area contributed by atoms with E-state index in [0.29, 0.717) is 23.7 Å². The molecule has 4 rings (SSSR count). The molecule has 0 aromatic carbocycles. The van der Waals surface area contributed by atoms with Crippen molar-refractivity contribution in [1.82, 2.24) is 0 Å². The van der Waals surface area contributed by atoms with Crippen molar-refractivity contribution >= 4 is 11.9 Å². The number of ether oxygens (including phenoxy) is 2. The molecule has 1 heterocycles. The van der Waals surface area contributed by atoms with Crippen LogP contribution in [0.15, 0.2) is 0 Å². The summed E-state index contributed by atoms with van der Waals surface area (Å²) < 4.78 is 11.8. The van der Waals surface area contributed by atoms with Crippen molar-refractivity contribution in [2.24, 2.45) is 46.3 Å². The molecule has 1 saturated heterocycles. The van der Waals surface area contributed by atoms with Gasteiger partial charge in [0.25, 0.3) is 0 Å². The van der Waals surface area contributed by atoms with Crippen LogP contribution in [0.5, 0.6) is 0 Å². The second kappa shape index (κ2) is 8.95. The zero-order chi connectivity index (χ0) is 23.3. The number of fused-ring (bicyclic) bond motifs is 5. The lowest BCUT2D eigenvalue weighted by Gasteiger charge is -2.59. The minimum absolute atomic E-state index is 0.0149.